The van der Waals surface area contributed by atoms with Crippen LogP contribution in [0.4, 0.5) is 0 Å². The average molecular weight is 358 g/mol. The largest absolute Gasteiger partial charge is 0.479 e. The van der Waals surface area contributed by atoms with Crippen LogP contribution in [0.2, 0.25) is 5.02 Å². The number of benzene rings is 1. The predicted molar refractivity (Wildman–Crippen MR) is 75.4 cm³/mol. The molecule has 1 aromatic carbocycles. The van der Waals surface area contributed by atoms with Crippen molar-refractivity contribution in [2.45, 2.75) is 24.8 Å². The van der Waals surface area contributed by atoms with Gasteiger partial charge in [0.1, 0.15) is 0 Å². The number of hydrogen-bond acceptors (Lipinski definition) is 4. The van der Waals surface area contributed by atoms with Crippen LogP contribution in [0.25, 0.3) is 11.4 Å². The van der Waals surface area contributed by atoms with Gasteiger partial charge in [0.2, 0.25) is 0 Å². The molecule has 0 saturated heterocycles. The molecule has 1 saturated carbocycles. The van der Waals surface area contributed by atoms with Crippen LogP contribution >= 0.6 is 27.5 Å². The molecule has 0 amide bonds. The highest BCUT2D eigenvalue weighted by atomic mass is 79.9. The van der Waals surface area contributed by atoms with E-state index in [0.29, 0.717) is 28.2 Å². The maximum absolute atomic E-state index is 11.6. The molecule has 0 radical (unpaired) electrons. The molecule has 2 aromatic rings. The Kier molecular flexibility index (Phi) is 3.25. The van der Waals surface area contributed by atoms with Gasteiger partial charge in [-0.1, -0.05) is 11.6 Å². The highest BCUT2D eigenvalue weighted by molar-refractivity contribution is 9.10. The van der Waals surface area contributed by atoms with Gasteiger partial charge >= 0.3 is 5.97 Å². The van der Waals surface area contributed by atoms with Gasteiger partial charge in [-0.25, -0.2) is 9.48 Å². The van der Waals surface area contributed by atoms with Crippen molar-refractivity contribution in [3.63, 3.8) is 0 Å². The molecule has 1 aliphatic rings. The molecule has 0 aliphatic heterocycles. The first-order chi connectivity index (χ1) is 9.54. The molecular weight excluding hydrogens is 348 g/mol. The second kappa shape index (κ2) is 4.82. The molecule has 1 aromatic heterocycles. The number of carbonyl (C=O) groups is 1. The van der Waals surface area contributed by atoms with Crippen LogP contribution in [0, 0.1) is 0 Å². The Morgan fingerprint density at radius 3 is 2.75 bits per heavy atom. The van der Waals surface area contributed by atoms with Crippen molar-refractivity contribution in [1.29, 1.82) is 0 Å². The third-order valence-electron chi connectivity index (χ3n) is 3.63. The van der Waals surface area contributed by atoms with Crippen LogP contribution in [-0.4, -0.2) is 31.3 Å². The number of rotatable bonds is 3. The van der Waals surface area contributed by atoms with E-state index in [0.717, 1.165) is 12.0 Å². The zero-order valence-electron chi connectivity index (χ0n) is 10.3. The highest BCUT2D eigenvalue weighted by Gasteiger charge is 2.49. The number of aliphatic carboxylic acids is 1. The maximum Gasteiger partial charge on any atom is 0.331 e. The summed E-state index contributed by atoms with van der Waals surface area (Å²) < 4.78 is 2.12. The smallest absolute Gasteiger partial charge is 0.331 e. The Bertz CT molecular complexity index is 684. The van der Waals surface area contributed by atoms with Gasteiger partial charge in [-0.05, 0) is 63.8 Å². The predicted octanol–water partition coefficient (Wildman–Crippen LogP) is 2.72. The molecule has 8 heteroatoms. The van der Waals surface area contributed by atoms with Crippen LogP contribution in [0.3, 0.4) is 0 Å². The lowest BCUT2D eigenvalue weighted by Gasteiger charge is -2.37. The summed E-state index contributed by atoms with van der Waals surface area (Å²) in [5, 5.41) is 21.5. The van der Waals surface area contributed by atoms with E-state index < -0.39 is 11.5 Å². The number of carboxylic acid groups (broad SMARTS) is 1. The lowest BCUT2D eigenvalue weighted by Crippen LogP contribution is -2.48. The lowest BCUT2D eigenvalue weighted by molar-refractivity contribution is -0.153. The summed E-state index contributed by atoms with van der Waals surface area (Å²) >= 11 is 9.30. The number of carboxylic acids is 1. The molecule has 104 valence electrons. The lowest BCUT2D eigenvalue weighted by atomic mass is 9.76. The minimum Gasteiger partial charge on any atom is -0.479 e. The Balaban J connectivity index is 2.10. The van der Waals surface area contributed by atoms with Gasteiger partial charge in [-0.3, -0.25) is 0 Å². The van der Waals surface area contributed by atoms with Crippen LogP contribution < -0.4 is 0 Å². The first kappa shape index (κ1) is 13.5. The highest BCUT2D eigenvalue weighted by Crippen LogP contribution is 2.41. The normalized spacial score (nSPS) is 16.7. The summed E-state index contributed by atoms with van der Waals surface area (Å²) in [5.74, 6) is -0.463. The first-order valence-corrected chi connectivity index (χ1v) is 7.19. The molecule has 0 spiro atoms. The molecule has 6 nitrogen and oxygen atoms in total. The van der Waals surface area contributed by atoms with Crippen molar-refractivity contribution in [2.24, 2.45) is 0 Å². The second-order valence-corrected chi connectivity index (χ2v) is 6.00. The van der Waals surface area contributed by atoms with Crippen molar-refractivity contribution < 1.29 is 9.90 Å². The minimum absolute atomic E-state index is 0.435. The van der Waals surface area contributed by atoms with Gasteiger partial charge in [0.05, 0.1) is 5.02 Å². The van der Waals surface area contributed by atoms with E-state index in [1.165, 1.54) is 4.68 Å². The molecule has 0 unspecified atom stereocenters. The second-order valence-electron chi connectivity index (χ2n) is 4.73. The summed E-state index contributed by atoms with van der Waals surface area (Å²) in [4.78, 5) is 11.6. The molecule has 1 heterocycles. The fourth-order valence-electron chi connectivity index (χ4n) is 2.32. The topological polar surface area (TPSA) is 80.9 Å². The quantitative estimate of drug-likeness (QED) is 0.913. The minimum atomic E-state index is -1.02. The summed E-state index contributed by atoms with van der Waals surface area (Å²) in [6.45, 7) is 0. The summed E-state index contributed by atoms with van der Waals surface area (Å²) in [7, 11) is 0. The van der Waals surface area contributed by atoms with Crippen LogP contribution in [0.5, 0.6) is 0 Å². The third-order valence-corrected chi connectivity index (χ3v) is 4.85. The molecular formula is C12H10BrClN4O2. The fraction of sp³-hybridized carbons (Fsp3) is 0.333. The molecule has 20 heavy (non-hydrogen) atoms. The number of hydrogen-bond donors (Lipinski definition) is 1. The Morgan fingerprint density at radius 2 is 2.20 bits per heavy atom. The van der Waals surface area contributed by atoms with Crippen LogP contribution in [0.1, 0.15) is 19.3 Å². The van der Waals surface area contributed by atoms with Gasteiger partial charge in [0.15, 0.2) is 11.4 Å². The van der Waals surface area contributed by atoms with E-state index in [-0.39, 0.29) is 0 Å². The summed E-state index contributed by atoms with van der Waals surface area (Å²) in [6.07, 6.45) is 1.93. The van der Waals surface area contributed by atoms with E-state index in [1.807, 2.05) is 0 Å². The molecule has 0 atom stereocenters. The maximum atomic E-state index is 11.6. The molecule has 1 N–H and O–H groups in total. The number of tetrazole rings is 1. The Hall–Kier alpha value is -1.47. The summed E-state index contributed by atoms with van der Waals surface area (Å²) in [6, 6.07) is 5.26. The summed E-state index contributed by atoms with van der Waals surface area (Å²) in [5.41, 5.74) is -0.302. The van der Waals surface area contributed by atoms with E-state index in [4.69, 9.17) is 11.6 Å². The van der Waals surface area contributed by atoms with Crippen molar-refractivity contribution in [3.8, 4) is 11.4 Å². The van der Waals surface area contributed by atoms with Gasteiger partial charge in [0, 0.05) is 10.0 Å². The van der Waals surface area contributed by atoms with Crippen molar-refractivity contribution in [1.82, 2.24) is 20.2 Å². The number of nitrogens with zero attached hydrogens (tertiary/aromatic N) is 4. The van der Waals surface area contributed by atoms with Crippen molar-refractivity contribution in [3.05, 3.63) is 27.7 Å². The van der Waals surface area contributed by atoms with Gasteiger partial charge in [-0.15, -0.1) is 5.10 Å². The van der Waals surface area contributed by atoms with E-state index in [9.17, 15) is 9.90 Å². The van der Waals surface area contributed by atoms with Crippen molar-refractivity contribution >= 4 is 33.5 Å². The standard InChI is InChI=1S/C12H10BrClN4O2/c13-8-6-7(2-3-9(8)14)10-15-16-17-18(10)12(11(19)20)4-1-5-12/h2-3,6H,1,4-5H2,(H,19,20). The number of aromatic nitrogens is 4. The molecule has 1 aliphatic carbocycles. The molecule has 0 bridgehead atoms. The van der Waals surface area contributed by atoms with Gasteiger partial charge in [0.25, 0.3) is 0 Å². The van der Waals surface area contributed by atoms with Gasteiger partial charge < -0.3 is 5.11 Å². The van der Waals surface area contributed by atoms with E-state index in [1.54, 1.807) is 18.2 Å². The zero-order chi connectivity index (χ0) is 14.3. The third kappa shape index (κ3) is 1.92. The molecule has 1 fully saturated rings. The van der Waals surface area contributed by atoms with Gasteiger partial charge in [-0.2, -0.15) is 0 Å². The van der Waals surface area contributed by atoms with E-state index in [2.05, 4.69) is 31.5 Å². The number of halogens is 2. The molecule has 3 rings (SSSR count). The zero-order valence-corrected chi connectivity index (χ0v) is 12.6. The van der Waals surface area contributed by atoms with E-state index >= 15 is 0 Å². The Morgan fingerprint density at radius 1 is 1.45 bits per heavy atom. The first-order valence-electron chi connectivity index (χ1n) is 6.02. The monoisotopic (exact) mass is 356 g/mol. The van der Waals surface area contributed by atoms with Crippen molar-refractivity contribution in [2.75, 3.05) is 0 Å². The fourth-order valence-corrected chi connectivity index (χ4v) is 2.81. The Labute approximate surface area is 127 Å². The van der Waals surface area contributed by atoms with Crippen LogP contribution in [-0.2, 0) is 10.3 Å². The van der Waals surface area contributed by atoms with Crippen LogP contribution in [0.15, 0.2) is 22.7 Å². The average Bonchev–Trinajstić information content (AvgIpc) is 2.80. The SMILES string of the molecule is O=C(O)C1(n2nnnc2-c2ccc(Cl)c(Br)c2)CCC1.